The molecule has 25 heavy (non-hydrogen) atoms. The van der Waals surface area contributed by atoms with E-state index < -0.39 is 0 Å². The third-order valence-electron chi connectivity index (χ3n) is 4.64. The Labute approximate surface area is 149 Å². The zero-order valence-electron chi connectivity index (χ0n) is 15.1. The number of ether oxygens (including phenoxy) is 1. The van der Waals surface area contributed by atoms with E-state index >= 15 is 0 Å². The van der Waals surface area contributed by atoms with Gasteiger partial charge in [0.1, 0.15) is 5.75 Å². The molecule has 0 unspecified atom stereocenters. The smallest absolute Gasteiger partial charge is 0.321 e. The number of nitrogens with zero attached hydrogens (tertiary/aromatic N) is 2. The second-order valence-electron chi connectivity index (χ2n) is 6.42. The number of urea groups is 1. The van der Waals surface area contributed by atoms with Crippen LogP contribution in [0.1, 0.15) is 11.1 Å². The molecule has 0 atom stereocenters. The summed E-state index contributed by atoms with van der Waals surface area (Å²) in [4.78, 5) is 16.7. The lowest BCUT2D eigenvalue weighted by atomic mass is 10.1. The van der Waals surface area contributed by atoms with Gasteiger partial charge in [0.25, 0.3) is 0 Å². The van der Waals surface area contributed by atoms with Crippen molar-refractivity contribution >= 4 is 17.4 Å². The molecule has 0 saturated carbocycles. The van der Waals surface area contributed by atoms with Gasteiger partial charge in [0.05, 0.1) is 7.11 Å². The largest absolute Gasteiger partial charge is 0.497 e. The van der Waals surface area contributed by atoms with E-state index in [1.165, 1.54) is 0 Å². The van der Waals surface area contributed by atoms with Crippen molar-refractivity contribution in [3.63, 3.8) is 0 Å². The summed E-state index contributed by atoms with van der Waals surface area (Å²) >= 11 is 0. The summed E-state index contributed by atoms with van der Waals surface area (Å²) in [5.74, 6) is 0.857. The maximum Gasteiger partial charge on any atom is 0.321 e. The molecular weight excluding hydrogens is 314 g/mol. The van der Waals surface area contributed by atoms with Crippen molar-refractivity contribution in [3.05, 3.63) is 53.6 Å². The number of carbonyl (C=O) groups is 1. The number of methoxy groups -OCH3 is 1. The molecule has 1 aliphatic rings. The summed E-state index contributed by atoms with van der Waals surface area (Å²) in [7, 11) is 1.67. The zero-order valence-corrected chi connectivity index (χ0v) is 15.1. The first-order valence-corrected chi connectivity index (χ1v) is 8.59. The van der Waals surface area contributed by atoms with Crippen LogP contribution in [0.4, 0.5) is 16.2 Å². The Bertz CT molecular complexity index is 735. The Hall–Kier alpha value is -2.69. The lowest BCUT2D eigenvalue weighted by Crippen LogP contribution is -2.50. The topological polar surface area (TPSA) is 44.8 Å². The molecule has 1 fully saturated rings. The average molecular weight is 339 g/mol. The molecule has 1 heterocycles. The Kier molecular flexibility index (Phi) is 5.12. The van der Waals surface area contributed by atoms with Gasteiger partial charge in [-0.05, 0) is 55.3 Å². The van der Waals surface area contributed by atoms with E-state index in [0.29, 0.717) is 13.1 Å². The number of rotatable bonds is 3. The van der Waals surface area contributed by atoms with Crippen molar-refractivity contribution in [2.45, 2.75) is 13.8 Å². The minimum atomic E-state index is -0.0249. The predicted molar refractivity (Wildman–Crippen MR) is 102 cm³/mol. The lowest BCUT2D eigenvalue weighted by Gasteiger charge is -2.36. The predicted octanol–water partition coefficient (Wildman–Crippen LogP) is 3.67. The van der Waals surface area contributed by atoms with Gasteiger partial charge in [-0.1, -0.05) is 12.1 Å². The van der Waals surface area contributed by atoms with Crippen LogP contribution in [0.15, 0.2) is 42.5 Å². The number of benzene rings is 2. The van der Waals surface area contributed by atoms with Gasteiger partial charge >= 0.3 is 6.03 Å². The quantitative estimate of drug-likeness (QED) is 0.928. The van der Waals surface area contributed by atoms with Crippen molar-refractivity contribution in [2.24, 2.45) is 0 Å². The standard InChI is InChI=1S/C20H25N3O2/c1-15-4-5-16(2)19(14-15)21-20(24)23-12-10-22(11-13-23)17-6-8-18(25-3)9-7-17/h4-9,14H,10-13H2,1-3H3,(H,21,24). The second kappa shape index (κ2) is 7.47. The maximum atomic E-state index is 12.5. The minimum absolute atomic E-state index is 0.0249. The SMILES string of the molecule is COc1ccc(N2CCN(C(=O)Nc3cc(C)ccc3C)CC2)cc1. The molecule has 2 amide bonds. The van der Waals surface area contributed by atoms with Crippen molar-refractivity contribution in [1.29, 1.82) is 0 Å². The Morgan fingerprint density at radius 2 is 1.68 bits per heavy atom. The normalized spacial score (nSPS) is 14.4. The molecule has 1 N–H and O–H groups in total. The van der Waals surface area contributed by atoms with Gasteiger partial charge in [0, 0.05) is 37.6 Å². The second-order valence-corrected chi connectivity index (χ2v) is 6.42. The molecule has 3 rings (SSSR count). The molecule has 5 heteroatoms. The number of aryl methyl sites for hydroxylation is 2. The van der Waals surface area contributed by atoms with Crippen LogP contribution in [0.25, 0.3) is 0 Å². The van der Waals surface area contributed by atoms with Crippen molar-refractivity contribution in [1.82, 2.24) is 4.90 Å². The van der Waals surface area contributed by atoms with Crippen LogP contribution in [0.5, 0.6) is 5.75 Å². The monoisotopic (exact) mass is 339 g/mol. The van der Waals surface area contributed by atoms with Gasteiger partial charge in [0.15, 0.2) is 0 Å². The molecule has 0 radical (unpaired) electrons. The van der Waals surface area contributed by atoms with Gasteiger partial charge in [0.2, 0.25) is 0 Å². The molecule has 2 aromatic rings. The molecular formula is C20H25N3O2. The van der Waals surface area contributed by atoms with E-state index in [2.05, 4.69) is 28.4 Å². The molecule has 0 aromatic heterocycles. The van der Waals surface area contributed by atoms with Gasteiger partial charge in [-0.15, -0.1) is 0 Å². The summed E-state index contributed by atoms with van der Waals surface area (Å²) in [6.07, 6.45) is 0. The number of carbonyl (C=O) groups excluding carboxylic acids is 1. The van der Waals surface area contributed by atoms with Crippen molar-refractivity contribution in [3.8, 4) is 5.75 Å². The molecule has 1 aliphatic heterocycles. The Balaban J connectivity index is 1.57. The first-order valence-electron chi connectivity index (χ1n) is 8.59. The lowest BCUT2D eigenvalue weighted by molar-refractivity contribution is 0.208. The molecule has 132 valence electrons. The zero-order chi connectivity index (χ0) is 17.8. The first-order chi connectivity index (χ1) is 12.1. The van der Waals surface area contributed by atoms with E-state index in [1.54, 1.807) is 7.11 Å². The number of amides is 2. The van der Waals surface area contributed by atoms with Crippen LogP contribution < -0.4 is 15.0 Å². The van der Waals surface area contributed by atoms with Crippen LogP contribution in [-0.4, -0.2) is 44.2 Å². The van der Waals surface area contributed by atoms with Crippen molar-refractivity contribution < 1.29 is 9.53 Å². The summed E-state index contributed by atoms with van der Waals surface area (Å²) in [6, 6.07) is 14.1. The Morgan fingerprint density at radius 1 is 1.00 bits per heavy atom. The molecule has 0 aliphatic carbocycles. The molecule has 0 bridgehead atoms. The van der Waals surface area contributed by atoms with Gasteiger partial charge in [-0.25, -0.2) is 4.79 Å². The molecule has 0 spiro atoms. The van der Waals surface area contributed by atoms with Crippen molar-refractivity contribution in [2.75, 3.05) is 43.5 Å². The summed E-state index contributed by atoms with van der Waals surface area (Å²) in [5, 5.41) is 3.04. The fourth-order valence-corrected chi connectivity index (χ4v) is 3.03. The highest BCUT2D eigenvalue weighted by atomic mass is 16.5. The highest BCUT2D eigenvalue weighted by Crippen LogP contribution is 2.21. The fraction of sp³-hybridized carbons (Fsp3) is 0.350. The summed E-state index contributed by atoms with van der Waals surface area (Å²) < 4.78 is 5.20. The number of hydrogen-bond donors (Lipinski definition) is 1. The average Bonchev–Trinajstić information content (AvgIpc) is 2.65. The number of anilines is 2. The van der Waals surface area contributed by atoms with Crippen LogP contribution in [0.3, 0.4) is 0 Å². The maximum absolute atomic E-state index is 12.5. The van der Waals surface area contributed by atoms with Gasteiger partial charge in [-0.3, -0.25) is 0 Å². The summed E-state index contributed by atoms with van der Waals surface area (Å²) in [6.45, 7) is 7.12. The van der Waals surface area contributed by atoms with Crippen LogP contribution in [0.2, 0.25) is 0 Å². The van der Waals surface area contributed by atoms with E-state index in [-0.39, 0.29) is 6.03 Å². The van der Waals surface area contributed by atoms with Crippen LogP contribution in [0, 0.1) is 13.8 Å². The number of nitrogens with one attached hydrogen (secondary N) is 1. The number of hydrogen-bond acceptors (Lipinski definition) is 3. The minimum Gasteiger partial charge on any atom is -0.497 e. The van der Waals surface area contributed by atoms with Crippen LogP contribution >= 0.6 is 0 Å². The third kappa shape index (κ3) is 4.05. The Morgan fingerprint density at radius 3 is 2.32 bits per heavy atom. The molecule has 2 aromatic carbocycles. The van der Waals surface area contributed by atoms with Crippen LogP contribution in [-0.2, 0) is 0 Å². The highest BCUT2D eigenvalue weighted by Gasteiger charge is 2.21. The van der Waals surface area contributed by atoms with E-state index in [1.807, 2.05) is 43.0 Å². The fourth-order valence-electron chi connectivity index (χ4n) is 3.03. The molecule has 1 saturated heterocycles. The summed E-state index contributed by atoms with van der Waals surface area (Å²) in [5.41, 5.74) is 4.28. The van der Waals surface area contributed by atoms with Gasteiger partial charge < -0.3 is 19.9 Å². The van der Waals surface area contributed by atoms with E-state index in [4.69, 9.17) is 4.74 Å². The van der Waals surface area contributed by atoms with E-state index in [9.17, 15) is 4.79 Å². The molecule has 5 nitrogen and oxygen atoms in total. The first kappa shape index (κ1) is 17.1. The number of piperazine rings is 1. The third-order valence-corrected chi connectivity index (χ3v) is 4.64. The highest BCUT2D eigenvalue weighted by molar-refractivity contribution is 5.90. The van der Waals surface area contributed by atoms with Gasteiger partial charge in [-0.2, -0.15) is 0 Å². The van der Waals surface area contributed by atoms with E-state index in [0.717, 1.165) is 41.3 Å².